The topological polar surface area (TPSA) is 85.7 Å². The Bertz CT molecular complexity index is 873. The van der Waals surface area contributed by atoms with Crippen LogP contribution < -0.4 is 19.5 Å². The fourth-order valence-electron chi connectivity index (χ4n) is 2.50. The summed E-state index contributed by atoms with van der Waals surface area (Å²) in [4.78, 5) is 8.78. The van der Waals surface area contributed by atoms with Crippen LogP contribution in [0.4, 0.5) is 11.5 Å². The monoisotopic (exact) mass is 353 g/mol. The molecule has 3 aromatic rings. The molecule has 134 valence electrons. The Balaban J connectivity index is 1.92. The van der Waals surface area contributed by atoms with Crippen LogP contribution in [0.3, 0.4) is 0 Å². The number of hydrogen-bond acceptors (Lipinski definition) is 7. The summed E-state index contributed by atoms with van der Waals surface area (Å²) in [6, 6.07) is 10.4. The van der Waals surface area contributed by atoms with Crippen LogP contribution >= 0.6 is 0 Å². The van der Waals surface area contributed by atoms with Crippen LogP contribution in [0.25, 0.3) is 11.3 Å². The van der Waals surface area contributed by atoms with Crippen LogP contribution in [-0.4, -0.2) is 36.4 Å². The SMILES string of the molecule is COc1cc(Nc2cncc(-c3ccc(O)cc3)n2)cc(OC)c1OC. The standard InChI is InChI=1S/C19H19N3O4/c1-24-16-8-13(9-17(25-2)19(16)26-3)21-18-11-20-10-15(22-18)12-4-6-14(23)7-5-12/h4-11,23H,1-3H3,(H,21,22). The van der Waals surface area contributed by atoms with Crippen molar-refractivity contribution < 1.29 is 19.3 Å². The zero-order valence-electron chi connectivity index (χ0n) is 14.7. The van der Waals surface area contributed by atoms with E-state index in [1.54, 1.807) is 70.1 Å². The summed E-state index contributed by atoms with van der Waals surface area (Å²) in [6.45, 7) is 0. The van der Waals surface area contributed by atoms with Gasteiger partial charge in [0.15, 0.2) is 11.5 Å². The molecule has 0 aliphatic heterocycles. The maximum absolute atomic E-state index is 9.41. The highest BCUT2D eigenvalue weighted by atomic mass is 16.5. The Morgan fingerprint density at radius 2 is 1.54 bits per heavy atom. The fraction of sp³-hybridized carbons (Fsp3) is 0.158. The molecule has 0 aliphatic rings. The van der Waals surface area contributed by atoms with Gasteiger partial charge in [-0.2, -0.15) is 0 Å². The van der Waals surface area contributed by atoms with Crippen LogP contribution in [-0.2, 0) is 0 Å². The Hall–Kier alpha value is -3.48. The Morgan fingerprint density at radius 3 is 2.12 bits per heavy atom. The molecule has 2 N–H and O–H groups in total. The van der Waals surface area contributed by atoms with Gasteiger partial charge in [-0.25, -0.2) is 4.98 Å². The van der Waals surface area contributed by atoms with Crippen molar-refractivity contribution in [2.75, 3.05) is 26.6 Å². The number of aromatic hydroxyl groups is 1. The van der Waals surface area contributed by atoms with Crippen molar-refractivity contribution in [3.8, 4) is 34.3 Å². The van der Waals surface area contributed by atoms with Crippen LogP contribution in [0.2, 0.25) is 0 Å². The van der Waals surface area contributed by atoms with Crippen LogP contribution in [0.15, 0.2) is 48.8 Å². The van der Waals surface area contributed by atoms with Crippen molar-refractivity contribution >= 4 is 11.5 Å². The molecule has 0 unspecified atom stereocenters. The van der Waals surface area contributed by atoms with E-state index >= 15 is 0 Å². The molecular weight excluding hydrogens is 334 g/mol. The van der Waals surface area contributed by atoms with Crippen LogP contribution in [0.5, 0.6) is 23.0 Å². The molecule has 0 radical (unpaired) electrons. The number of hydrogen-bond donors (Lipinski definition) is 2. The van der Waals surface area contributed by atoms with Gasteiger partial charge < -0.3 is 24.6 Å². The third-order valence-electron chi connectivity index (χ3n) is 3.73. The highest BCUT2D eigenvalue weighted by Crippen LogP contribution is 2.40. The molecular formula is C19H19N3O4. The molecule has 0 saturated heterocycles. The van der Waals surface area contributed by atoms with E-state index in [4.69, 9.17) is 14.2 Å². The zero-order chi connectivity index (χ0) is 18.5. The highest BCUT2D eigenvalue weighted by Gasteiger charge is 2.13. The van der Waals surface area contributed by atoms with Gasteiger partial charge in [0.25, 0.3) is 0 Å². The second kappa shape index (κ2) is 7.60. The van der Waals surface area contributed by atoms with Gasteiger partial charge in [0.2, 0.25) is 5.75 Å². The number of rotatable bonds is 6. The first-order valence-corrected chi connectivity index (χ1v) is 7.83. The van der Waals surface area contributed by atoms with Gasteiger partial charge in [0.1, 0.15) is 11.6 Å². The molecule has 0 aliphatic carbocycles. The normalized spacial score (nSPS) is 10.3. The van der Waals surface area contributed by atoms with Gasteiger partial charge in [0, 0.05) is 23.4 Å². The minimum absolute atomic E-state index is 0.202. The van der Waals surface area contributed by atoms with Gasteiger partial charge >= 0.3 is 0 Å². The number of benzene rings is 2. The average Bonchev–Trinajstić information content (AvgIpc) is 2.68. The molecule has 3 rings (SSSR count). The Labute approximate surface area is 151 Å². The van der Waals surface area contributed by atoms with E-state index in [9.17, 15) is 5.11 Å². The Kier molecular flexibility index (Phi) is 5.07. The van der Waals surface area contributed by atoms with Gasteiger partial charge in [-0.1, -0.05) is 0 Å². The van der Waals surface area contributed by atoms with E-state index in [0.29, 0.717) is 28.8 Å². The molecule has 1 aromatic heterocycles. The van der Waals surface area contributed by atoms with Crippen molar-refractivity contribution in [3.63, 3.8) is 0 Å². The molecule has 2 aromatic carbocycles. The summed E-state index contributed by atoms with van der Waals surface area (Å²) in [7, 11) is 4.68. The first-order valence-electron chi connectivity index (χ1n) is 7.83. The van der Waals surface area contributed by atoms with Gasteiger partial charge in [0.05, 0.1) is 39.4 Å². The first-order chi connectivity index (χ1) is 12.6. The summed E-state index contributed by atoms with van der Waals surface area (Å²) < 4.78 is 16.0. The van der Waals surface area contributed by atoms with E-state index in [2.05, 4.69) is 15.3 Å². The summed E-state index contributed by atoms with van der Waals surface area (Å²) in [5.41, 5.74) is 2.25. The fourth-order valence-corrected chi connectivity index (χ4v) is 2.50. The molecule has 0 bridgehead atoms. The third-order valence-corrected chi connectivity index (χ3v) is 3.73. The van der Waals surface area contributed by atoms with Gasteiger partial charge in [-0.15, -0.1) is 0 Å². The average molecular weight is 353 g/mol. The lowest BCUT2D eigenvalue weighted by atomic mass is 10.1. The summed E-state index contributed by atoms with van der Waals surface area (Å²) >= 11 is 0. The summed E-state index contributed by atoms with van der Waals surface area (Å²) in [5, 5.41) is 12.6. The second-order valence-corrected chi connectivity index (χ2v) is 5.38. The summed E-state index contributed by atoms with van der Waals surface area (Å²) in [6.07, 6.45) is 3.28. The molecule has 26 heavy (non-hydrogen) atoms. The van der Waals surface area contributed by atoms with E-state index in [0.717, 1.165) is 11.3 Å². The number of ether oxygens (including phenoxy) is 3. The van der Waals surface area contributed by atoms with E-state index in [1.165, 1.54) is 0 Å². The molecule has 0 atom stereocenters. The third kappa shape index (κ3) is 3.61. The predicted octanol–water partition coefficient (Wildman–Crippen LogP) is 3.62. The highest BCUT2D eigenvalue weighted by molar-refractivity contribution is 5.68. The quantitative estimate of drug-likeness (QED) is 0.700. The van der Waals surface area contributed by atoms with Crippen LogP contribution in [0, 0.1) is 0 Å². The van der Waals surface area contributed by atoms with Crippen LogP contribution in [0.1, 0.15) is 0 Å². The predicted molar refractivity (Wildman–Crippen MR) is 98.5 cm³/mol. The molecule has 0 fully saturated rings. The molecule has 0 amide bonds. The number of methoxy groups -OCH3 is 3. The number of anilines is 2. The number of nitrogens with one attached hydrogen (secondary N) is 1. The molecule has 0 spiro atoms. The van der Waals surface area contributed by atoms with E-state index < -0.39 is 0 Å². The molecule has 1 heterocycles. The largest absolute Gasteiger partial charge is 0.508 e. The maximum Gasteiger partial charge on any atom is 0.203 e. The number of phenolic OH excluding ortho intramolecular Hbond substituents is 1. The lowest BCUT2D eigenvalue weighted by Crippen LogP contribution is -1.99. The van der Waals surface area contributed by atoms with Crippen molar-refractivity contribution in [2.45, 2.75) is 0 Å². The minimum Gasteiger partial charge on any atom is -0.508 e. The lowest BCUT2D eigenvalue weighted by molar-refractivity contribution is 0.324. The van der Waals surface area contributed by atoms with Crippen molar-refractivity contribution in [3.05, 3.63) is 48.8 Å². The zero-order valence-corrected chi connectivity index (χ0v) is 14.7. The van der Waals surface area contributed by atoms with Gasteiger partial charge in [-0.05, 0) is 24.3 Å². The van der Waals surface area contributed by atoms with Crippen molar-refractivity contribution in [1.82, 2.24) is 9.97 Å². The second-order valence-electron chi connectivity index (χ2n) is 5.38. The first kappa shape index (κ1) is 17.3. The number of phenols is 1. The Morgan fingerprint density at radius 1 is 0.885 bits per heavy atom. The maximum atomic E-state index is 9.41. The number of nitrogens with zero attached hydrogens (tertiary/aromatic N) is 2. The molecule has 0 saturated carbocycles. The van der Waals surface area contributed by atoms with E-state index in [1.807, 2.05) is 0 Å². The minimum atomic E-state index is 0.202. The van der Waals surface area contributed by atoms with Gasteiger partial charge in [-0.3, -0.25) is 4.98 Å². The van der Waals surface area contributed by atoms with E-state index in [-0.39, 0.29) is 5.75 Å². The molecule has 7 heteroatoms. The van der Waals surface area contributed by atoms with Crippen molar-refractivity contribution in [2.24, 2.45) is 0 Å². The summed E-state index contributed by atoms with van der Waals surface area (Å²) in [5.74, 6) is 2.36. The smallest absolute Gasteiger partial charge is 0.203 e. The molecule has 7 nitrogen and oxygen atoms in total. The van der Waals surface area contributed by atoms with Crippen molar-refractivity contribution in [1.29, 1.82) is 0 Å². The number of aromatic nitrogens is 2. The lowest BCUT2D eigenvalue weighted by Gasteiger charge is -2.15.